The van der Waals surface area contributed by atoms with Crippen molar-refractivity contribution in [2.75, 3.05) is 26.2 Å². The lowest BCUT2D eigenvalue weighted by molar-refractivity contribution is -0.128. The Bertz CT molecular complexity index is 939. The van der Waals surface area contributed by atoms with E-state index in [-0.39, 0.29) is 18.0 Å². The second-order valence-corrected chi connectivity index (χ2v) is 8.99. The number of amides is 1. The molecule has 1 aliphatic heterocycles. The van der Waals surface area contributed by atoms with Gasteiger partial charge in [0, 0.05) is 31.7 Å². The van der Waals surface area contributed by atoms with Gasteiger partial charge in [0.15, 0.2) is 0 Å². The maximum atomic E-state index is 12.9. The Morgan fingerprint density at radius 1 is 1.09 bits per heavy atom. The Kier molecular flexibility index (Phi) is 6.87. The first-order valence-electron chi connectivity index (χ1n) is 11.6. The molecule has 1 amide bonds. The fraction of sp³-hybridized carbons (Fsp3) is 0.583. The summed E-state index contributed by atoms with van der Waals surface area (Å²) in [6.45, 7) is 7.19. The molecule has 4 rings (SSSR count). The van der Waals surface area contributed by atoms with Gasteiger partial charge in [-0.15, -0.1) is 0 Å². The molecule has 1 aromatic heterocycles. The van der Waals surface area contributed by atoms with Crippen molar-refractivity contribution in [1.29, 1.82) is 5.26 Å². The summed E-state index contributed by atoms with van der Waals surface area (Å²) in [5, 5.41) is 16.9. The van der Waals surface area contributed by atoms with E-state index in [2.05, 4.69) is 38.3 Å². The molecule has 0 spiro atoms. The highest BCUT2D eigenvalue weighted by atomic mass is 16.5. The summed E-state index contributed by atoms with van der Waals surface area (Å²) in [6.07, 6.45) is 4.65. The van der Waals surface area contributed by atoms with Gasteiger partial charge >= 0.3 is 0 Å². The van der Waals surface area contributed by atoms with Crippen LogP contribution in [0.1, 0.15) is 57.9 Å². The maximum Gasteiger partial charge on any atom is 0.244 e. The lowest BCUT2D eigenvalue weighted by Crippen LogP contribution is -2.58. The molecule has 32 heavy (non-hydrogen) atoms. The number of nitriles is 1. The first-order valence-corrected chi connectivity index (χ1v) is 11.6. The Morgan fingerprint density at radius 2 is 1.75 bits per heavy atom. The van der Waals surface area contributed by atoms with Crippen LogP contribution in [-0.2, 0) is 4.79 Å². The molecule has 1 aliphatic carbocycles. The topological polar surface area (TPSA) is 98.3 Å². The highest BCUT2D eigenvalue weighted by molar-refractivity contribution is 5.82. The number of benzene rings is 1. The smallest absolute Gasteiger partial charge is 0.244 e. The first kappa shape index (κ1) is 22.4. The molecule has 2 unspecified atom stereocenters. The molecular weight excluding hydrogens is 404 g/mol. The Morgan fingerprint density at radius 3 is 2.41 bits per heavy atom. The first-order chi connectivity index (χ1) is 15.5. The number of nitrogens with one attached hydrogen (secondary N) is 1. The second-order valence-electron chi connectivity index (χ2n) is 8.99. The summed E-state index contributed by atoms with van der Waals surface area (Å²) in [5.74, 6) is 1.17. The quantitative estimate of drug-likeness (QED) is 0.743. The molecule has 1 saturated carbocycles. The normalized spacial score (nSPS) is 21.4. The van der Waals surface area contributed by atoms with Gasteiger partial charge in [0.1, 0.15) is 5.54 Å². The number of carbonyl (C=O) groups excluding carboxylic acids is 1. The van der Waals surface area contributed by atoms with E-state index >= 15 is 0 Å². The van der Waals surface area contributed by atoms with Crippen LogP contribution in [0, 0.1) is 11.3 Å². The monoisotopic (exact) mass is 436 g/mol. The molecule has 2 fully saturated rings. The van der Waals surface area contributed by atoms with Crippen molar-refractivity contribution < 1.29 is 9.32 Å². The minimum Gasteiger partial charge on any atom is -0.337 e. The molecule has 8 heteroatoms. The van der Waals surface area contributed by atoms with E-state index in [1.54, 1.807) is 0 Å². The van der Waals surface area contributed by atoms with Crippen LogP contribution in [0.5, 0.6) is 0 Å². The van der Waals surface area contributed by atoms with Gasteiger partial charge < -0.3 is 9.84 Å². The number of nitrogens with zero attached hydrogens (tertiary/aromatic N) is 5. The molecule has 2 aliphatic rings. The number of hydrogen-bond donors (Lipinski definition) is 1. The summed E-state index contributed by atoms with van der Waals surface area (Å²) < 4.78 is 5.54. The van der Waals surface area contributed by atoms with E-state index in [1.165, 1.54) is 0 Å². The van der Waals surface area contributed by atoms with Crippen molar-refractivity contribution in [3.63, 3.8) is 0 Å². The lowest BCUT2D eigenvalue weighted by atomic mass is 9.82. The molecule has 2 aromatic rings. The van der Waals surface area contributed by atoms with Gasteiger partial charge in [-0.3, -0.25) is 14.6 Å². The van der Waals surface area contributed by atoms with Gasteiger partial charge in [-0.1, -0.05) is 54.8 Å². The molecule has 2 atom stereocenters. The van der Waals surface area contributed by atoms with E-state index < -0.39 is 5.54 Å². The Labute approximate surface area is 189 Å². The third kappa shape index (κ3) is 4.84. The van der Waals surface area contributed by atoms with Crippen molar-refractivity contribution in [2.24, 2.45) is 0 Å². The van der Waals surface area contributed by atoms with Crippen molar-refractivity contribution >= 4 is 5.91 Å². The van der Waals surface area contributed by atoms with Gasteiger partial charge in [0.05, 0.1) is 18.2 Å². The predicted octanol–water partition coefficient (Wildman–Crippen LogP) is 3.15. The molecular formula is C24H32N6O2. The van der Waals surface area contributed by atoms with Gasteiger partial charge in [0.25, 0.3) is 0 Å². The molecule has 8 nitrogen and oxygen atoms in total. The fourth-order valence-corrected chi connectivity index (χ4v) is 4.70. The summed E-state index contributed by atoms with van der Waals surface area (Å²) in [4.78, 5) is 22.0. The summed E-state index contributed by atoms with van der Waals surface area (Å²) in [5.41, 5.74) is 0.251. The standard InChI is InChI=1S/C24H32N6O2/c1-18(22(31)27-24(17-25)11-7-4-8-12-24)29-13-15-30(16-14-29)19(2)23-26-21(28-32-23)20-9-5-3-6-10-20/h3,5-6,9-10,18-19H,4,7-8,11-16H2,1-2H3,(H,27,31). The van der Waals surface area contributed by atoms with E-state index in [1.807, 2.05) is 37.3 Å². The number of carbonyl (C=O) groups is 1. The lowest BCUT2D eigenvalue weighted by Gasteiger charge is -2.40. The van der Waals surface area contributed by atoms with E-state index in [0.717, 1.165) is 63.8 Å². The predicted molar refractivity (Wildman–Crippen MR) is 120 cm³/mol. The molecule has 2 heterocycles. The van der Waals surface area contributed by atoms with Crippen molar-refractivity contribution in [3.8, 4) is 17.5 Å². The number of hydrogen-bond acceptors (Lipinski definition) is 7. The molecule has 1 saturated heterocycles. The van der Waals surface area contributed by atoms with E-state index in [4.69, 9.17) is 4.52 Å². The van der Waals surface area contributed by atoms with Crippen LogP contribution in [0.4, 0.5) is 0 Å². The van der Waals surface area contributed by atoms with Crippen molar-refractivity contribution in [3.05, 3.63) is 36.2 Å². The molecule has 0 radical (unpaired) electrons. The summed E-state index contributed by atoms with van der Waals surface area (Å²) in [7, 11) is 0. The molecule has 1 N–H and O–H groups in total. The molecule has 0 bridgehead atoms. The highest BCUT2D eigenvalue weighted by Crippen LogP contribution is 2.28. The number of piperazine rings is 1. The third-order valence-electron chi connectivity index (χ3n) is 6.94. The average molecular weight is 437 g/mol. The SMILES string of the molecule is CC(C(=O)NC1(C#N)CCCCC1)N1CCN(C(C)c2nc(-c3ccccc3)no2)CC1. The Balaban J connectivity index is 1.31. The van der Waals surface area contributed by atoms with Crippen LogP contribution in [0.2, 0.25) is 0 Å². The maximum absolute atomic E-state index is 12.9. The zero-order chi connectivity index (χ0) is 22.6. The van der Waals surface area contributed by atoms with Gasteiger partial charge in [-0.2, -0.15) is 10.2 Å². The highest BCUT2D eigenvalue weighted by Gasteiger charge is 2.36. The third-order valence-corrected chi connectivity index (χ3v) is 6.94. The minimum absolute atomic E-state index is 0.00958. The number of rotatable bonds is 6. The second kappa shape index (κ2) is 9.80. The van der Waals surface area contributed by atoms with Crippen LogP contribution < -0.4 is 5.32 Å². The van der Waals surface area contributed by atoms with Crippen molar-refractivity contribution in [2.45, 2.75) is 63.6 Å². The van der Waals surface area contributed by atoms with Gasteiger partial charge in [-0.25, -0.2) is 0 Å². The van der Waals surface area contributed by atoms with E-state index in [9.17, 15) is 10.1 Å². The van der Waals surface area contributed by atoms with Gasteiger partial charge in [0.2, 0.25) is 17.6 Å². The summed E-state index contributed by atoms with van der Waals surface area (Å²) in [6, 6.07) is 11.9. The molecule has 1 aromatic carbocycles. The molecule has 170 valence electrons. The summed E-state index contributed by atoms with van der Waals surface area (Å²) >= 11 is 0. The fourth-order valence-electron chi connectivity index (χ4n) is 4.70. The van der Waals surface area contributed by atoms with Gasteiger partial charge in [-0.05, 0) is 26.7 Å². The average Bonchev–Trinajstić information content (AvgIpc) is 3.35. The van der Waals surface area contributed by atoms with Crippen LogP contribution in [0.15, 0.2) is 34.9 Å². The van der Waals surface area contributed by atoms with Crippen molar-refractivity contribution in [1.82, 2.24) is 25.3 Å². The van der Waals surface area contributed by atoms with Crippen LogP contribution in [0.3, 0.4) is 0 Å². The van der Waals surface area contributed by atoms with Crippen LogP contribution in [-0.4, -0.2) is 63.6 Å². The van der Waals surface area contributed by atoms with Crippen LogP contribution >= 0.6 is 0 Å². The zero-order valence-electron chi connectivity index (χ0n) is 19.0. The number of aromatic nitrogens is 2. The van der Waals surface area contributed by atoms with E-state index in [0.29, 0.717) is 11.7 Å². The Hall–Kier alpha value is -2.76. The largest absolute Gasteiger partial charge is 0.337 e. The zero-order valence-corrected chi connectivity index (χ0v) is 19.0. The van der Waals surface area contributed by atoms with Crippen LogP contribution in [0.25, 0.3) is 11.4 Å². The minimum atomic E-state index is -0.686.